The van der Waals surface area contributed by atoms with E-state index in [2.05, 4.69) is 22.2 Å². The summed E-state index contributed by atoms with van der Waals surface area (Å²) in [7, 11) is 0. The van der Waals surface area contributed by atoms with E-state index >= 15 is 0 Å². The molecule has 1 aliphatic rings. The molecular formula is C27H26FN3O2S. The SMILES string of the molecule is CCSc1ccc(CC(=O)Nc2cc(C)c(C3(c4nc5ccc(F)cc5o4)CC3)c(C)c2)nc1. The molecule has 0 spiro atoms. The van der Waals surface area contributed by atoms with E-state index in [-0.39, 0.29) is 23.6 Å². The maximum atomic E-state index is 13.6. The third-order valence-corrected chi connectivity index (χ3v) is 7.12. The molecule has 1 saturated carbocycles. The fraction of sp³-hybridized carbons (Fsp3) is 0.296. The molecule has 0 radical (unpaired) electrons. The standard InChI is InChI=1S/C27H26FN3O2S/c1-4-34-21-7-6-19(29-15-21)14-24(32)30-20-11-16(2)25(17(3)12-20)27(9-10-27)26-31-22-8-5-18(28)13-23(22)33-26/h5-8,11-13,15H,4,9-10,14H2,1-3H3,(H,30,32). The molecule has 0 bridgehead atoms. The fourth-order valence-corrected chi connectivity index (χ4v) is 5.35. The predicted molar refractivity (Wildman–Crippen MR) is 133 cm³/mol. The van der Waals surface area contributed by atoms with Crippen LogP contribution in [0.1, 0.15) is 48.0 Å². The van der Waals surface area contributed by atoms with E-state index in [1.54, 1.807) is 17.8 Å². The number of thioether (sulfide) groups is 1. The van der Waals surface area contributed by atoms with Crippen LogP contribution in [0.4, 0.5) is 10.1 Å². The van der Waals surface area contributed by atoms with Crippen molar-refractivity contribution in [2.24, 2.45) is 0 Å². The number of hydrogen-bond acceptors (Lipinski definition) is 5. The Labute approximate surface area is 202 Å². The summed E-state index contributed by atoms with van der Waals surface area (Å²) in [5, 5.41) is 3.01. The molecular weight excluding hydrogens is 449 g/mol. The number of oxazole rings is 1. The van der Waals surface area contributed by atoms with Gasteiger partial charge in [-0.1, -0.05) is 6.92 Å². The molecule has 0 atom stereocenters. The van der Waals surface area contributed by atoms with Gasteiger partial charge in [0.05, 0.1) is 11.8 Å². The van der Waals surface area contributed by atoms with Crippen molar-refractivity contribution in [3.05, 3.63) is 82.8 Å². The van der Waals surface area contributed by atoms with Gasteiger partial charge < -0.3 is 9.73 Å². The number of hydrogen-bond donors (Lipinski definition) is 1. The van der Waals surface area contributed by atoms with Crippen molar-refractivity contribution in [3.63, 3.8) is 0 Å². The molecule has 1 amide bonds. The van der Waals surface area contributed by atoms with E-state index in [1.165, 1.54) is 17.7 Å². The summed E-state index contributed by atoms with van der Waals surface area (Å²) in [6, 6.07) is 12.3. The van der Waals surface area contributed by atoms with Gasteiger partial charge in [-0.05, 0) is 85.5 Å². The molecule has 1 N–H and O–H groups in total. The lowest BCUT2D eigenvalue weighted by Gasteiger charge is -2.19. The highest BCUT2D eigenvalue weighted by Crippen LogP contribution is 2.55. The van der Waals surface area contributed by atoms with Gasteiger partial charge in [0.1, 0.15) is 11.3 Å². The van der Waals surface area contributed by atoms with Crippen LogP contribution in [-0.4, -0.2) is 21.6 Å². The molecule has 0 aliphatic heterocycles. The second-order valence-corrected chi connectivity index (χ2v) is 10.2. The minimum Gasteiger partial charge on any atom is -0.440 e. The number of fused-ring (bicyclic) bond motifs is 1. The Balaban J connectivity index is 1.35. The van der Waals surface area contributed by atoms with E-state index in [0.717, 1.165) is 46.0 Å². The second kappa shape index (κ2) is 8.87. The van der Waals surface area contributed by atoms with Gasteiger partial charge in [-0.3, -0.25) is 9.78 Å². The number of aromatic nitrogens is 2. The number of carbonyl (C=O) groups is 1. The van der Waals surface area contributed by atoms with E-state index in [0.29, 0.717) is 17.0 Å². The molecule has 0 unspecified atom stereocenters. The summed E-state index contributed by atoms with van der Waals surface area (Å²) in [4.78, 5) is 22.8. The van der Waals surface area contributed by atoms with Gasteiger partial charge >= 0.3 is 0 Å². The first-order chi connectivity index (χ1) is 16.4. The summed E-state index contributed by atoms with van der Waals surface area (Å²) in [6.45, 7) is 6.19. The van der Waals surface area contributed by atoms with Crippen molar-refractivity contribution in [2.45, 2.75) is 50.3 Å². The average Bonchev–Trinajstić information content (AvgIpc) is 3.46. The molecule has 2 aromatic heterocycles. The molecule has 0 saturated heterocycles. The van der Waals surface area contributed by atoms with Crippen LogP contribution in [-0.2, 0) is 16.6 Å². The van der Waals surface area contributed by atoms with E-state index in [9.17, 15) is 9.18 Å². The zero-order valence-corrected chi connectivity index (χ0v) is 20.3. The topological polar surface area (TPSA) is 68.0 Å². The summed E-state index contributed by atoms with van der Waals surface area (Å²) < 4.78 is 19.6. The van der Waals surface area contributed by atoms with Crippen LogP contribution in [0.3, 0.4) is 0 Å². The number of nitrogens with one attached hydrogen (secondary N) is 1. The Hall–Kier alpha value is -3.19. The Bertz CT molecular complexity index is 1350. The lowest BCUT2D eigenvalue weighted by molar-refractivity contribution is -0.115. The van der Waals surface area contributed by atoms with Crippen molar-refractivity contribution in [1.29, 1.82) is 0 Å². The lowest BCUT2D eigenvalue weighted by atomic mass is 9.87. The van der Waals surface area contributed by atoms with E-state index in [4.69, 9.17) is 4.42 Å². The van der Waals surface area contributed by atoms with E-state index in [1.807, 2.05) is 44.3 Å². The largest absolute Gasteiger partial charge is 0.440 e. The molecule has 1 aliphatic carbocycles. The molecule has 5 nitrogen and oxygen atoms in total. The van der Waals surface area contributed by atoms with Crippen molar-refractivity contribution in [3.8, 4) is 0 Å². The minimum absolute atomic E-state index is 0.0999. The smallest absolute Gasteiger partial charge is 0.230 e. The summed E-state index contributed by atoms with van der Waals surface area (Å²) in [5.41, 5.74) is 5.65. The highest BCUT2D eigenvalue weighted by Gasteiger charge is 2.52. The first kappa shape index (κ1) is 22.6. The number of pyridine rings is 1. The van der Waals surface area contributed by atoms with Crippen LogP contribution in [0.25, 0.3) is 11.1 Å². The Morgan fingerprint density at radius 2 is 1.91 bits per heavy atom. The van der Waals surface area contributed by atoms with Crippen molar-refractivity contribution < 1.29 is 13.6 Å². The molecule has 2 aromatic carbocycles. The lowest BCUT2D eigenvalue weighted by Crippen LogP contribution is -2.17. The van der Waals surface area contributed by atoms with Gasteiger partial charge in [0.2, 0.25) is 11.8 Å². The monoisotopic (exact) mass is 475 g/mol. The van der Waals surface area contributed by atoms with Gasteiger partial charge in [-0.25, -0.2) is 9.37 Å². The van der Waals surface area contributed by atoms with Crippen LogP contribution < -0.4 is 5.32 Å². The number of benzene rings is 2. The fourth-order valence-electron chi connectivity index (χ4n) is 4.73. The first-order valence-corrected chi connectivity index (χ1v) is 12.4. The van der Waals surface area contributed by atoms with Gasteiger partial charge in [0.25, 0.3) is 0 Å². The van der Waals surface area contributed by atoms with Crippen LogP contribution in [0.2, 0.25) is 0 Å². The van der Waals surface area contributed by atoms with Gasteiger partial charge in [0.15, 0.2) is 5.58 Å². The molecule has 7 heteroatoms. The summed E-state index contributed by atoms with van der Waals surface area (Å²) in [6.07, 6.45) is 3.89. The number of halogens is 1. The Morgan fingerprint density at radius 3 is 2.56 bits per heavy atom. The highest BCUT2D eigenvalue weighted by molar-refractivity contribution is 7.99. The van der Waals surface area contributed by atoms with Crippen molar-refractivity contribution in [1.82, 2.24) is 9.97 Å². The van der Waals surface area contributed by atoms with E-state index < -0.39 is 0 Å². The van der Waals surface area contributed by atoms with Crippen molar-refractivity contribution >= 4 is 34.5 Å². The van der Waals surface area contributed by atoms with Crippen LogP contribution in [0.15, 0.2) is 58.0 Å². The van der Waals surface area contributed by atoms with Crippen LogP contribution in [0.5, 0.6) is 0 Å². The highest BCUT2D eigenvalue weighted by atomic mass is 32.2. The second-order valence-electron chi connectivity index (χ2n) is 8.84. The maximum Gasteiger partial charge on any atom is 0.230 e. The molecule has 5 rings (SSSR count). The normalized spacial score (nSPS) is 14.4. The maximum absolute atomic E-state index is 13.6. The number of anilines is 1. The summed E-state index contributed by atoms with van der Waals surface area (Å²) >= 11 is 1.73. The Morgan fingerprint density at radius 1 is 1.15 bits per heavy atom. The molecule has 2 heterocycles. The predicted octanol–water partition coefficient (Wildman–Crippen LogP) is 6.35. The van der Waals surface area contributed by atoms with Crippen LogP contribution >= 0.6 is 11.8 Å². The molecule has 34 heavy (non-hydrogen) atoms. The Kier molecular flexibility index (Phi) is 5.90. The average molecular weight is 476 g/mol. The van der Waals surface area contributed by atoms with Gasteiger partial charge in [-0.2, -0.15) is 0 Å². The number of nitrogens with zero attached hydrogens (tertiary/aromatic N) is 2. The third-order valence-electron chi connectivity index (χ3n) is 6.26. The number of carbonyl (C=O) groups excluding carboxylic acids is 1. The zero-order chi connectivity index (χ0) is 23.9. The molecule has 4 aromatic rings. The van der Waals surface area contributed by atoms with Gasteiger partial charge in [-0.15, -0.1) is 11.8 Å². The van der Waals surface area contributed by atoms with Crippen LogP contribution in [0, 0.1) is 19.7 Å². The number of aryl methyl sites for hydroxylation is 2. The third kappa shape index (κ3) is 4.32. The first-order valence-electron chi connectivity index (χ1n) is 11.4. The van der Waals surface area contributed by atoms with Crippen molar-refractivity contribution in [2.75, 3.05) is 11.1 Å². The zero-order valence-electron chi connectivity index (χ0n) is 19.4. The van der Waals surface area contributed by atoms with Gasteiger partial charge in [0, 0.05) is 28.5 Å². The summed E-state index contributed by atoms with van der Waals surface area (Å²) in [5.74, 6) is 1.19. The number of rotatable bonds is 7. The minimum atomic E-state index is -0.335. The molecule has 1 fully saturated rings. The molecule has 174 valence electrons. The number of amides is 1. The quantitative estimate of drug-likeness (QED) is 0.315.